The number of hydrogen-bond donors (Lipinski definition) is 3. The highest BCUT2D eigenvalue weighted by molar-refractivity contribution is 7.19. The van der Waals surface area contributed by atoms with Crippen LogP contribution in [-0.4, -0.2) is 21.9 Å². The predicted molar refractivity (Wildman–Crippen MR) is 117 cm³/mol. The summed E-state index contributed by atoms with van der Waals surface area (Å²) in [4.78, 5) is 21.2. The zero-order valence-electron chi connectivity index (χ0n) is 16.8. The Labute approximate surface area is 182 Å². The molecule has 9 heteroatoms. The largest absolute Gasteiger partial charge is 0.389 e. The maximum Gasteiger partial charge on any atom is 0.277 e. The number of hydrogen-bond acceptors (Lipinski definition) is 6. The molecule has 0 bridgehead atoms. The van der Waals surface area contributed by atoms with Crippen LogP contribution in [0.3, 0.4) is 0 Å². The van der Waals surface area contributed by atoms with Crippen molar-refractivity contribution in [2.75, 3.05) is 11.1 Å². The minimum atomic E-state index is -0.769. The molecule has 1 aromatic carbocycles. The highest BCUT2D eigenvalue weighted by Gasteiger charge is 2.28. The van der Waals surface area contributed by atoms with E-state index in [0.29, 0.717) is 11.6 Å². The van der Waals surface area contributed by atoms with Crippen LogP contribution in [-0.2, 0) is 0 Å². The van der Waals surface area contributed by atoms with Crippen molar-refractivity contribution in [2.24, 2.45) is 11.7 Å². The van der Waals surface area contributed by atoms with Gasteiger partial charge in [0.2, 0.25) is 0 Å². The normalized spacial score (nSPS) is 21.1. The molecule has 3 unspecified atom stereocenters. The smallest absolute Gasteiger partial charge is 0.277 e. The summed E-state index contributed by atoms with van der Waals surface area (Å²) in [6, 6.07) is 5.38. The van der Waals surface area contributed by atoms with E-state index in [2.05, 4.69) is 28.6 Å². The summed E-state index contributed by atoms with van der Waals surface area (Å²) in [5, 5.41) is 2.89. The Morgan fingerprint density at radius 2 is 1.97 bits per heavy atom. The van der Waals surface area contributed by atoms with Gasteiger partial charge in [0.25, 0.3) is 5.91 Å². The molecular weight excluding hydrogens is 420 g/mol. The first-order valence-corrected chi connectivity index (χ1v) is 10.7. The standard InChI is InChI=1S/C22H22F2N5OS/c1-11-7-12(9-13(25)8-11)14-5-6-27-10-17(14)28-21(30)19-20(26)31-22(29-19)18-15(23)3-2-4-16(18)24/h2-6,8,10-13H,7,9,25-26H2,1H3,(H,28,30). The molecule has 3 atom stereocenters. The van der Waals surface area contributed by atoms with Gasteiger partial charge < -0.3 is 16.8 Å². The van der Waals surface area contributed by atoms with E-state index in [1.54, 1.807) is 12.4 Å². The van der Waals surface area contributed by atoms with E-state index in [4.69, 9.17) is 11.5 Å². The first-order valence-electron chi connectivity index (χ1n) is 9.90. The molecule has 31 heavy (non-hydrogen) atoms. The predicted octanol–water partition coefficient (Wildman–Crippen LogP) is 4.36. The monoisotopic (exact) mass is 442 g/mol. The van der Waals surface area contributed by atoms with E-state index in [-0.39, 0.29) is 33.2 Å². The second kappa shape index (κ2) is 8.68. The molecule has 4 rings (SSSR count). The third kappa shape index (κ3) is 4.42. The van der Waals surface area contributed by atoms with Gasteiger partial charge in [0.1, 0.15) is 21.6 Å². The number of nitrogen functional groups attached to an aromatic ring is 1. The molecular formula is C22H22F2N5OS. The number of carbonyl (C=O) groups excluding carboxylic acids is 1. The second-order valence-corrected chi connectivity index (χ2v) is 8.78. The van der Waals surface area contributed by atoms with Gasteiger partial charge in [-0.15, -0.1) is 0 Å². The van der Waals surface area contributed by atoms with E-state index in [0.717, 1.165) is 41.9 Å². The van der Waals surface area contributed by atoms with Crippen molar-refractivity contribution in [3.63, 3.8) is 0 Å². The number of thiazole rings is 1. The van der Waals surface area contributed by atoms with Crippen LogP contribution in [0.25, 0.3) is 10.6 Å². The number of aromatic nitrogens is 2. The van der Waals surface area contributed by atoms with Crippen molar-refractivity contribution in [1.29, 1.82) is 0 Å². The molecule has 3 aromatic rings. The van der Waals surface area contributed by atoms with Gasteiger partial charge in [0.15, 0.2) is 5.69 Å². The zero-order valence-corrected chi connectivity index (χ0v) is 17.6. The minimum Gasteiger partial charge on any atom is -0.389 e. The van der Waals surface area contributed by atoms with Gasteiger partial charge in [-0.2, -0.15) is 0 Å². The summed E-state index contributed by atoms with van der Waals surface area (Å²) in [5.74, 6) is -1.57. The summed E-state index contributed by atoms with van der Waals surface area (Å²) in [6.07, 6.45) is 7.07. The zero-order chi connectivity index (χ0) is 22.1. The number of nitrogens with two attached hydrogens (primary N) is 2. The molecule has 5 N–H and O–H groups in total. The van der Waals surface area contributed by atoms with Crippen molar-refractivity contribution >= 4 is 27.9 Å². The fourth-order valence-corrected chi connectivity index (χ4v) is 4.93. The molecule has 1 amide bonds. The van der Waals surface area contributed by atoms with E-state index in [1.807, 2.05) is 6.07 Å². The van der Waals surface area contributed by atoms with E-state index >= 15 is 0 Å². The molecule has 0 saturated heterocycles. The molecule has 2 heterocycles. The van der Waals surface area contributed by atoms with Crippen LogP contribution in [0.2, 0.25) is 0 Å². The van der Waals surface area contributed by atoms with Gasteiger partial charge >= 0.3 is 0 Å². The average molecular weight is 443 g/mol. The van der Waals surface area contributed by atoms with Gasteiger partial charge in [-0.05, 0) is 54.9 Å². The number of carbonyl (C=O) groups is 1. The second-order valence-electron chi connectivity index (χ2n) is 7.75. The molecule has 1 aliphatic rings. The summed E-state index contributed by atoms with van der Waals surface area (Å²) in [7, 11) is 0. The number of amides is 1. The molecule has 0 spiro atoms. The summed E-state index contributed by atoms with van der Waals surface area (Å²) >= 11 is 0.857. The summed E-state index contributed by atoms with van der Waals surface area (Å²) in [5.41, 5.74) is 13.2. The van der Waals surface area contributed by atoms with Crippen LogP contribution in [0, 0.1) is 24.0 Å². The van der Waals surface area contributed by atoms with Crippen LogP contribution >= 0.6 is 11.3 Å². The molecule has 1 saturated carbocycles. The molecule has 161 valence electrons. The van der Waals surface area contributed by atoms with Gasteiger partial charge in [-0.25, -0.2) is 13.8 Å². The Kier molecular flexibility index (Phi) is 5.97. The lowest BCUT2D eigenvalue weighted by Gasteiger charge is -2.32. The number of pyridine rings is 1. The number of rotatable bonds is 4. The van der Waals surface area contributed by atoms with Crippen LogP contribution in [0.15, 0.2) is 36.7 Å². The van der Waals surface area contributed by atoms with Gasteiger partial charge in [-0.3, -0.25) is 9.78 Å². The quantitative estimate of drug-likeness (QED) is 0.556. The first kappa shape index (κ1) is 21.3. The number of nitrogens with zero attached hydrogens (tertiary/aromatic N) is 2. The van der Waals surface area contributed by atoms with Crippen LogP contribution < -0.4 is 16.8 Å². The van der Waals surface area contributed by atoms with Gasteiger partial charge in [0.05, 0.1) is 17.4 Å². The van der Waals surface area contributed by atoms with Crippen LogP contribution in [0.4, 0.5) is 19.5 Å². The summed E-state index contributed by atoms with van der Waals surface area (Å²) < 4.78 is 28.2. The Bertz CT molecular complexity index is 1090. The third-order valence-corrected chi connectivity index (χ3v) is 6.28. The molecule has 2 aromatic heterocycles. The van der Waals surface area contributed by atoms with Crippen molar-refractivity contribution in [1.82, 2.24) is 9.97 Å². The summed E-state index contributed by atoms with van der Waals surface area (Å²) in [6.45, 7) is 2.12. The maximum atomic E-state index is 14.1. The lowest BCUT2D eigenvalue weighted by molar-refractivity contribution is 0.102. The maximum absolute atomic E-state index is 14.1. The number of anilines is 2. The third-order valence-electron chi connectivity index (χ3n) is 5.38. The van der Waals surface area contributed by atoms with Crippen LogP contribution in [0.1, 0.15) is 41.7 Å². The van der Waals surface area contributed by atoms with Gasteiger partial charge in [-0.1, -0.05) is 24.3 Å². The van der Waals surface area contributed by atoms with Crippen molar-refractivity contribution in [3.8, 4) is 10.6 Å². The molecule has 6 nitrogen and oxygen atoms in total. The van der Waals surface area contributed by atoms with Crippen LogP contribution in [0.5, 0.6) is 0 Å². The minimum absolute atomic E-state index is 0.00674. The Hall–Kier alpha value is -2.91. The van der Waals surface area contributed by atoms with Crippen molar-refractivity contribution < 1.29 is 13.6 Å². The fourth-order valence-electron chi connectivity index (χ4n) is 4.06. The number of nitrogens with one attached hydrogen (secondary N) is 1. The lowest BCUT2D eigenvalue weighted by Crippen LogP contribution is -2.32. The molecule has 1 radical (unpaired) electrons. The van der Waals surface area contributed by atoms with E-state index in [1.165, 1.54) is 6.07 Å². The SMILES string of the molecule is CC1[CH]C(N)CC(c2ccncc2NC(=O)c2nc(-c3c(F)cccc3F)sc2N)C1. The Morgan fingerprint density at radius 3 is 2.68 bits per heavy atom. The topological polar surface area (TPSA) is 107 Å². The highest BCUT2D eigenvalue weighted by Crippen LogP contribution is 2.38. The Balaban J connectivity index is 1.61. The average Bonchev–Trinajstić information content (AvgIpc) is 3.09. The Morgan fingerprint density at radius 1 is 1.23 bits per heavy atom. The molecule has 1 fully saturated rings. The molecule has 0 aliphatic heterocycles. The first-order chi connectivity index (χ1) is 14.8. The number of halogens is 2. The fraction of sp³-hybridized carbons (Fsp3) is 0.273. The van der Waals surface area contributed by atoms with E-state index in [9.17, 15) is 13.6 Å². The highest BCUT2D eigenvalue weighted by atomic mass is 32.1. The van der Waals surface area contributed by atoms with E-state index < -0.39 is 17.5 Å². The van der Waals surface area contributed by atoms with Crippen molar-refractivity contribution in [2.45, 2.75) is 31.7 Å². The molecule has 1 aliphatic carbocycles. The van der Waals surface area contributed by atoms with Crippen molar-refractivity contribution in [3.05, 3.63) is 66.0 Å². The number of benzene rings is 1. The van der Waals surface area contributed by atoms with Gasteiger partial charge in [0, 0.05) is 12.2 Å². The lowest BCUT2D eigenvalue weighted by atomic mass is 9.76.